The van der Waals surface area contributed by atoms with Crippen LogP contribution in [0.3, 0.4) is 0 Å². The van der Waals surface area contributed by atoms with Crippen LogP contribution < -0.4 is 0 Å². The molecule has 0 N–H and O–H groups in total. The summed E-state index contributed by atoms with van der Waals surface area (Å²) in [7, 11) is -3.43. The number of thiazole rings is 1. The maximum Gasteiger partial charge on any atom is 0.252 e. The number of thiophene rings is 1. The molecule has 0 saturated carbocycles. The third-order valence-electron chi connectivity index (χ3n) is 4.15. The van der Waals surface area contributed by atoms with Crippen molar-refractivity contribution >= 4 is 44.3 Å². The lowest BCUT2D eigenvalue weighted by Crippen LogP contribution is -2.48. The van der Waals surface area contributed by atoms with Gasteiger partial charge in [-0.2, -0.15) is 4.31 Å². The van der Waals surface area contributed by atoms with Gasteiger partial charge in [0.25, 0.3) is 10.0 Å². The van der Waals surface area contributed by atoms with Crippen LogP contribution in [-0.2, 0) is 22.0 Å². The van der Waals surface area contributed by atoms with E-state index in [1.807, 2.05) is 0 Å². The van der Waals surface area contributed by atoms with Crippen LogP contribution in [0.5, 0.6) is 0 Å². The van der Waals surface area contributed by atoms with Crippen LogP contribution in [0.15, 0.2) is 21.7 Å². The zero-order chi connectivity index (χ0) is 18.2. The minimum atomic E-state index is -3.43. The van der Waals surface area contributed by atoms with Crippen molar-refractivity contribution in [2.45, 2.75) is 36.9 Å². The topological polar surface area (TPSA) is 53.5 Å². The molecule has 1 aliphatic heterocycles. The Balaban J connectivity index is 1.59. The molecule has 1 saturated heterocycles. The van der Waals surface area contributed by atoms with Gasteiger partial charge in [0.1, 0.15) is 9.22 Å². The van der Waals surface area contributed by atoms with E-state index in [2.05, 4.69) is 31.1 Å². The first-order chi connectivity index (χ1) is 11.7. The van der Waals surface area contributed by atoms with Crippen LogP contribution in [-0.4, -0.2) is 48.8 Å². The van der Waals surface area contributed by atoms with Crippen molar-refractivity contribution in [1.82, 2.24) is 14.2 Å². The summed E-state index contributed by atoms with van der Waals surface area (Å²) in [6, 6.07) is 3.21. The third-order valence-corrected chi connectivity index (χ3v) is 8.58. The van der Waals surface area contributed by atoms with E-state index >= 15 is 0 Å². The molecule has 1 fully saturated rings. The maximum absolute atomic E-state index is 12.6. The zero-order valence-corrected chi connectivity index (χ0v) is 17.7. The van der Waals surface area contributed by atoms with Crippen molar-refractivity contribution < 1.29 is 8.42 Å². The molecule has 0 spiro atoms. The van der Waals surface area contributed by atoms with Gasteiger partial charge in [-0.05, 0) is 12.1 Å². The van der Waals surface area contributed by atoms with Crippen molar-refractivity contribution in [2.75, 3.05) is 26.2 Å². The molecule has 0 aromatic carbocycles. The van der Waals surface area contributed by atoms with Gasteiger partial charge in [0.05, 0.1) is 16.6 Å². The minimum Gasteiger partial charge on any atom is -0.294 e. The van der Waals surface area contributed by atoms with Crippen molar-refractivity contribution in [3.8, 4) is 0 Å². The fraction of sp³-hybridized carbons (Fsp3) is 0.562. The Kier molecular flexibility index (Phi) is 5.58. The van der Waals surface area contributed by atoms with E-state index in [-0.39, 0.29) is 5.41 Å². The summed E-state index contributed by atoms with van der Waals surface area (Å²) >= 11 is 8.66. The van der Waals surface area contributed by atoms with E-state index in [1.165, 1.54) is 0 Å². The molecule has 5 nitrogen and oxygen atoms in total. The van der Waals surface area contributed by atoms with Gasteiger partial charge in [-0.3, -0.25) is 4.90 Å². The fourth-order valence-corrected chi connectivity index (χ4v) is 6.73. The highest BCUT2D eigenvalue weighted by Gasteiger charge is 2.30. The van der Waals surface area contributed by atoms with Crippen LogP contribution >= 0.6 is 34.3 Å². The number of hydrogen-bond acceptors (Lipinski definition) is 6. The SMILES string of the molecule is CC(C)(C)c1csc(CN2CCN(S(=O)(=O)c3ccc(Cl)s3)CC2)n1. The summed E-state index contributed by atoms with van der Waals surface area (Å²) < 4.78 is 27.6. The minimum absolute atomic E-state index is 0.0590. The quantitative estimate of drug-likeness (QED) is 0.758. The highest BCUT2D eigenvalue weighted by atomic mass is 35.5. The monoisotopic (exact) mass is 419 g/mol. The summed E-state index contributed by atoms with van der Waals surface area (Å²) in [5.74, 6) is 0. The molecule has 1 aliphatic rings. The Morgan fingerprint density at radius 2 is 1.88 bits per heavy atom. The van der Waals surface area contributed by atoms with Crippen LogP contribution in [0.1, 0.15) is 31.5 Å². The van der Waals surface area contributed by atoms with Crippen molar-refractivity contribution in [3.05, 3.63) is 32.6 Å². The molecular formula is C16H22ClN3O2S3. The van der Waals surface area contributed by atoms with Gasteiger partial charge in [-0.15, -0.1) is 22.7 Å². The summed E-state index contributed by atoms with van der Waals surface area (Å²) in [4.78, 5) is 6.99. The number of aromatic nitrogens is 1. The van der Waals surface area contributed by atoms with Crippen LogP contribution in [0.4, 0.5) is 0 Å². The number of hydrogen-bond donors (Lipinski definition) is 0. The Hall–Kier alpha value is -0.510. The second kappa shape index (κ2) is 7.25. The van der Waals surface area contributed by atoms with E-state index in [9.17, 15) is 8.42 Å². The second-order valence-electron chi connectivity index (χ2n) is 7.12. The van der Waals surface area contributed by atoms with Gasteiger partial charge in [-0.1, -0.05) is 32.4 Å². The molecule has 0 bridgehead atoms. The predicted octanol–water partition coefficient (Wildman–Crippen LogP) is 3.66. The lowest BCUT2D eigenvalue weighted by atomic mass is 9.93. The van der Waals surface area contributed by atoms with Crippen molar-refractivity contribution in [1.29, 1.82) is 0 Å². The van der Waals surface area contributed by atoms with Crippen LogP contribution in [0, 0.1) is 0 Å². The molecule has 2 aromatic rings. The third kappa shape index (κ3) is 4.43. The zero-order valence-electron chi connectivity index (χ0n) is 14.5. The van der Waals surface area contributed by atoms with E-state index in [1.54, 1.807) is 27.8 Å². The van der Waals surface area contributed by atoms with Gasteiger partial charge < -0.3 is 0 Å². The first kappa shape index (κ1) is 19.3. The molecule has 0 unspecified atom stereocenters. The molecule has 0 radical (unpaired) electrons. The summed E-state index contributed by atoms with van der Waals surface area (Å²) in [6.45, 7) is 9.67. The smallest absolute Gasteiger partial charge is 0.252 e. The van der Waals surface area contributed by atoms with Gasteiger partial charge >= 0.3 is 0 Å². The molecule has 0 atom stereocenters. The van der Waals surface area contributed by atoms with Crippen LogP contribution in [0.25, 0.3) is 0 Å². The van der Waals surface area contributed by atoms with E-state index in [4.69, 9.17) is 16.6 Å². The van der Waals surface area contributed by atoms with Crippen LogP contribution in [0.2, 0.25) is 4.34 Å². The van der Waals surface area contributed by atoms with Crippen molar-refractivity contribution in [2.24, 2.45) is 0 Å². The standard InChI is InChI=1S/C16H22ClN3O2S3/c1-16(2,3)12-11-23-14(18-12)10-19-6-8-20(9-7-19)25(21,22)15-5-4-13(17)24-15/h4-5,11H,6-10H2,1-3H3. The molecule has 25 heavy (non-hydrogen) atoms. The number of sulfonamides is 1. The lowest BCUT2D eigenvalue weighted by molar-refractivity contribution is 0.181. The molecule has 0 amide bonds. The highest BCUT2D eigenvalue weighted by molar-refractivity contribution is 7.91. The largest absolute Gasteiger partial charge is 0.294 e. The first-order valence-electron chi connectivity index (χ1n) is 8.09. The molecule has 3 rings (SSSR count). The average Bonchev–Trinajstić information content (AvgIpc) is 3.17. The van der Waals surface area contributed by atoms with Gasteiger partial charge in [-0.25, -0.2) is 13.4 Å². The Labute approximate surface area is 162 Å². The first-order valence-corrected chi connectivity index (χ1v) is 11.6. The Morgan fingerprint density at radius 1 is 1.20 bits per heavy atom. The van der Waals surface area contributed by atoms with E-state index in [0.717, 1.165) is 28.6 Å². The lowest BCUT2D eigenvalue weighted by Gasteiger charge is -2.33. The summed E-state index contributed by atoms with van der Waals surface area (Å²) in [5, 5.41) is 3.21. The van der Waals surface area contributed by atoms with Gasteiger partial charge in [0, 0.05) is 37.0 Å². The van der Waals surface area contributed by atoms with Gasteiger partial charge in [0.15, 0.2) is 0 Å². The normalized spacial score (nSPS) is 17.9. The highest BCUT2D eigenvalue weighted by Crippen LogP contribution is 2.29. The maximum atomic E-state index is 12.6. The average molecular weight is 420 g/mol. The molecular weight excluding hydrogens is 398 g/mol. The molecule has 3 heterocycles. The van der Waals surface area contributed by atoms with Gasteiger partial charge in [0.2, 0.25) is 0 Å². The number of piperazine rings is 1. The van der Waals surface area contributed by atoms with E-state index in [0.29, 0.717) is 34.7 Å². The molecule has 2 aromatic heterocycles. The number of rotatable bonds is 4. The summed E-state index contributed by atoms with van der Waals surface area (Å²) in [6.07, 6.45) is 0. The summed E-state index contributed by atoms with van der Waals surface area (Å²) in [5.41, 5.74) is 1.17. The Morgan fingerprint density at radius 3 is 2.40 bits per heavy atom. The number of halogens is 1. The fourth-order valence-electron chi connectivity index (χ4n) is 2.61. The second-order valence-corrected chi connectivity index (χ2v) is 11.9. The molecule has 138 valence electrons. The predicted molar refractivity (Wildman–Crippen MR) is 104 cm³/mol. The number of nitrogens with zero attached hydrogens (tertiary/aromatic N) is 3. The van der Waals surface area contributed by atoms with E-state index < -0.39 is 10.0 Å². The molecule has 9 heteroatoms. The van der Waals surface area contributed by atoms with Crippen molar-refractivity contribution in [3.63, 3.8) is 0 Å². The molecule has 0 aliphatic carbocycles. The Bertz CT molecular complexity index is 831.